The molecule has 0 radical (unpaired) electrons. The molecule has 0 N–H and O–H groups in total. The highest BCUT2D eigenvalue weighted by Gasteiger charge is 2.34. The fourth-order valence-corrected chi connectivity index (χ4v) is 7.01. The topological polar surface area (TPSA) is 34.1 Å². The lowest BCUT2D eigenvalue weighted by Gasteiger charge is -2.21. The number of sulfone groups is 1. The van der Waals surface area contributed by atoms with E-state index in [4.69, 9.17) is 0 Å². The van der Waals surface area contributed by atoms with E-state index in [0.717, 1.165) is 0 Å². The van der Waals surface area contributed by atoms with Crippen molar-refractivity contribution in [2.24, 2.45) is 0 Å². The standard InChI is InChI=1S/C36H22F4O2S/c37-27-21-29(31(23-13-5-1-6-14-23)33(35(27)39)25-17-9-3-10-18-25)43(41,42)30-22-28(38)36(40)34(26-19-11-4-12-20-26)32(30)24-15-7-2-8-16-24/h1-22H. The van der Waals surface area contributed by atoms with E-state index in [1.54, 1.807) is 121 Å². The molecule has 6 rings (SSSR count). The van der Waals surface area contributed by atoms with Crippen molar-refractivity contribution >= 4 is 9.84 Å². The van der Waals surface area contributed by atoms with Crippen molar-refractivity contribution < 1.29 is 26.0 Å². The zero-order valence-electron chi connectivity index (χ0n) is 22.4. The quantitative estimate of drug-likeness (QED) is 0.142. The van der Waals surface area contributed by atoms with E-state index >= 15 is 17.6 Å². The lowest BCUT2D eigenvalue weighted by molar-refractivity contribution is 0.506. The monoisotopic (exact) mass is 594 g/mol. The van der Waals surface area contributed by atoms with E-state index in [1.165, 1.54) is 0 Å². The molecule has 0 unspecified atom stereocenters. The third-order valence-electron chi connectivity index (χ3n) is 7.20. The number of halogens is 4. The van der Waals surface area contributed by atoms with Gasteiger partial charge < -0.3 is 0 Å². The molecule has 212 valence electrons. The first-order valence-corrected chi connectivity index (χ1v) is 14.8. The molecule has 0 aliphatic carbocycles. The van der Waals surface area contributed by atoms with Crippen LogP contribution in [0.15, 0.2) is 143 Å². The molecule has 0 saturated heterocycles. The van der Waals surface area contributed by atoms with Crippen molar-refractivity contribution in [1.29, 1.82) is 0 Å². The predicted molar refractivity (Wildman–Crippen MR) is 160 cm³/mol. The second kappa shape index (κ2) is 11.3. The van der Waals surface area contributed by atoms with Gasteiger partial charge in [0.15, 0.2) is 23.3 Å². The Morgan fingerprint density at radius 2 is 0.628 bits per heavy atom. The summed E-state index contributed by atoms with van der Waals surface area (Å²) in [6.45, 7) is 0. The second-order valence-electron chi connectivity index (χ2n) is 9.81. The third-order valence-corrected chi connectivity index (χ3v) is 9.00. The van der Waals surface area contributed by atoms with E-state index in [9.17, 15) is 8.42 Å². The van der Waals surface area contributed by atoms with Gasteiger partial charge >= 0.3 is 0 Å². The second-order valence-corrected chi connectivity index (χ2v) is 11.7. The van der Waals surface area contributed by atoms with Crippen molar-refractivity contribution in [3.63, 3.8) is 0 Å². The molecule has 0 aliphatic rings. The molecule has 2 nitrogen and oxygen atoms in total. The van der Waals surface area contributed by atoms with E-state index in [0.29, 0.717) is 23.3 Å². The van der Waals surface area contributed by atoms with Crippen LogP contribution in [0.2, 0.25) is 0 Å². The number of benzene rings is 6. The highest BCUT2D eigenvalue weighted by Crippen LogP contribution is 2.46. The Bertz CT molecular complexity index is 1900. The Balaban J connectivity index is 1.77. The van der Waals surface area contributed by atoms with Gasteiger partial charge in [-0.25, -0.2) is 26.0 Å². The summed E-state index contributed by atoms with van der Waals surface area (Å²) in [5.74, 6) is -5.27. The zero-order valence-corrected chi connectivity index (χ0v) is 23.3. The average Bonchev–Trinajstić information content (AvgIpc) is 3.04. The molecule has 43 heavy (non-hydrogen) atoms. The predicted octanol–water partition coefficient (Wildman–Crippen LogP) is 9.74. The van der Waals surface area contributed by atoms with Gasteiger partial charge in [0.1, 0.15) is 0 Å². The molecular weight excluding hydrogens is 572 g/mol. The molecule has 0 aliphatic heterocycles. The van der Waals surface area contributed by atoms with Gasteiger partial charge in [-0.3, -0.25) is 0 Å². The van der Waals surface area contributed by atoms with Gasteiger partial charge in [0.05, 0.1) is 9.79 Å². The van der Waals surface area contributed by atoms with Gasteiger partial charge in [0, 0.05) is 22.3 Å². The summed E-state index contributed by atoms with van der Waals surface area (Å²) < 4.78 is 91.6. The summed E-state index contributed by atoms with van der Waals surface area (Å²) in [5.41, 5.74) is 0.347. The van der Waals surface area contributed by atoms with Crippen LogP contribution in [0.3, 0.4) is 0 Å². The first-order chi connectivity index (χ1) is 20.8. The molecule has 7 heteroatoms. The van der Waals surface area contributed by atoms with Crippen LogP contribution in [0.4, 0.5) is 17.6 Å². The van der Waals surface area contributed by atoms with Crippen LogP contribution in [-0.4, -0.2) is 8.42 Å². The first kappa shape index (κ1) is 28.1. The maximum Gasteiger partial charge on any atom is 0.208 e. The molecule has 6 aromatic carbocycles. The molecule has 0 bridgehead atoms. The molecular formula is C36H22F4O2S. The SMILES string of the molecule is O=S(=O)(c1cc(F)c(F)c(-c2ccccc2)c1-c1ccccc1)c1cc(F)c(F)c(-c2ccccc2)c1-c1ccccc1. The maximum atomic E-state index is 15.7. The van der Waals surface area contributed by atoms with Gasteiger partial charge in [0.2, 0.25) is 9.84 Å². The van der Waals surface area contributed by atoms with Crippen LogP contribution in [0, 0.1) is 23.3 Å². The first-order valence-electron chi connectivity index (χ1n) is 13.3. The highest BCUT2D eigenvalue weighted by molar-refractivity contribution is 7.91. The lowest BCUT2D eigenvalue weighted by atomic mass is 9.93. The summed E-state index contributed by atoms with van der Waals surface area (Å²) in [5, 5.41) is 0. The van der Waals surface area contributed by atoms with Gasteiger partial charge in [-0.05, 0) is 34.4 Å². The lowest BCUT2D eigenvalue weighted by Crippen LogP contribution is -2.11. The third kappa shape index (κ3) is 5.02. The molecule has 0 fully saturated rings. The largest absolute Gasteiger partial charge is 0.218 e. The van der Waals surface area contributed by atoms with Crippen molar-refractivity contribution in [3.05, 3.63) is 157 Å². The van der Waals surface area contributed by atoms with E-state index < -0.39 is 42.9 Å². The average molecular weight is 595 g/mol. The van der Waals surface area contributed by atoms with Gasteiger partial charge in [-0.1, -0.05) is 121 Å². The Morgan fingerprint density at radius 1 is 0.372 bits per heavy atom. The molecule has 0 atom stereocenters. The minimum absolute atomic E-state index is 0.101. The fraction of sp³-hybridized carbons (Fsp3) is 0. The van der Waals surface area contributed by atoms with Crippen LogP contribution in [-0.2, 0) is 9.84 Å². The van der Waals surface area contributed by atoms with Crippen LogP contribution >= 0.6 is 0 Å². The number of rotatable bonds is 6. The van der Waals surface area contributed by atoms with Crippen molar-refractivity contribution in [3.8, 4) is 44.5 Å². The number of hydrogen-bond acceptors (Lipinski definition) is 2. The van der Waals surface area contributed by atoms with Crippen LogP contribution in [0.1, 0.15) is 0 Å². The number of hydrogen-bond donors (Lipinski definition) is 0. The highest BCUT2D eigenvalue weighted by atomic mass is 32.2. The van der Waals surface area contributed by atoms with Gasteiger partial charge in [-0.2, -0.15) is 0 Å². The maximum absolute atomic E-state index is 15.7. The molecule has 0 saturated carbocycles. The summed E-state index contributed by atoms with van der Waals surface area (Å²) in [4.78, 5) is -1.17. The van der Waals surface area contributed by atoms with Crippen LogP contribution in [0.5, 0.6) is 0 Å². The Hall–Kier alpha value is -5.01. The smallest absolute Gasteiger partial charge is 0.208 e. The summed E-state index contributed by atoms with van der Waals surface area (Å²) in [6, 6.07) is 33.6. The van der Waals surface area contributed by atoms with E-state index in [-0.39, 0.29) is 33.4 Å². The normalized spacial score (nSPS) is 11.4. The van der Waals surface area contributed by atoms with Crippen LogP contribution in [0.25, 0.3) is 44.5 Å². The Morgan fingerprint density at radius 3 is 0.907 bits per heavy atom. The van der Waals surface area contributed by atoms with Gasteiger partial charge in [0.25, 0.3) is 0 Å². The molecule has 0 aromatic heterocycles. The van der Waals surface area contributed by atoms with Gasteiger partial charge in [-0.15, -0.1) is 0 Å². The van der Waals surface area contributed by atoms with Crippen LogP contribution < -0.4 is 0 Å². The zero-order chi connectivity index (χ0) is 30.1. The van der Waals surface area contributed by atoms with Crippen molar-refractivity contribution in [1.82, 2.24) is 0 Å². The minimum Gasteiger partial charge on any atom is -0.218 e. The Labute approximate surface area is 246 Å². The van der Waals surface area contributed by atoms with Crippen molar-refractivity contribution in [2.45, 2.75) is 9.79 Å². The Kier molecular flexibility index (Phi) is 7.42. The molecule has 0 spiro atoms. The molecule has 0 amide bonds. The summed E-state index contributed by atoms with van der Waals surface area (Å²) >= 11 is 0. The summed E-state index contributed by atoms with van der Waals surface area (Å²) in [6.07, 6.45) is 0. The molecule has 6 aromatic rings. The fourth-order valence-electron chi connectivity index (χ4n) is 5.28. The molecule has 0 heterocycles. The van der Waals surface area contributed by atoms with Crippen molar-refractivity contribution in [2.75, 3.05) is 0 Å². The van der Waals surface area contributed by atoms with E-state index in [1.807, 2.05) is 0 Å². The minimum atomic E-state index is -4.85. The summed E-state index contributed by atoms with van der Waals surface area (Å²) in [7, 11) is -4.85. The van der Waals surface area contributed by atoms with E-state index in [2.05, 4.69) is 0 Å².